The van der Waals surface area contributed by atoms with Gasteiger partial charge < -0.3 is 20.3 Å². The first-order valence-electron chi connectivity index (χ1n) is 13.4. The standard InChI is InChI=1S/C30H33ClN6O3S/c1-20(2)24-9-4-5-10-25(24)27-19-29(34-30(33-27)35-41(38,39)23-8-6-7-21(32)17-23)40-22-11-12-28(26(31)18-22)37-15-13-36(3)14-16-37/h4-12,17-20H,13-16,32H2,1-3H3,(H,33,34,35). The molecule has 0 atom stereocenters. The van der Waals surface area contributed by atoms with Crippen LogP contribution in [0.3, 0.4) is 0 Å². The second kappa shape index (κ2) is 11.9. The van der Waals surface area contributed by atoms with Crippen molar-refractivity contribution in [3.05, 3.63) is 83.4 Å². The van der Waals surface area contributed by atoms with Crippen molar-refractivity contribution < 1.29 is 13.2 Å². The molecule has 214 valence electrons. The maximum absolute atomic E-state index is 13.2. The predicted octanol–water partition coefficient (Wildman–Crippen LogP) is 5.85. The number of piperazine rings is 1. The minimum Gasteiger partial charge on any atom is -0.439 e. The van der Waals surface area contributed by atoms with Crippen molar-refractivity contribution >= 4 is 38.9 Å². The summed E-state index contributed by atoms with van der Waals surface area (Å²) in [6.07, 6.45) is 0. The number of aromatic nitrogens is 2. The molecule has 0 amide bonds. The lowest BCUT2D eigenvalue weighted by Gasteiger charge is -2.34. The number of anilines is 3. The lowest BCUT2D eigenvalue weighted by molar-refractivity contribution is 0.313. The number of benzene rings is 3. The number of ether oxygens (including phenoxy) is 1. The summed E-state index contributed by atoms with van der Waals surface area (Å²) in [7, 11) is -1.91. The Labute approximate surface area is 246 Å². The Hall–Kier alpha value is -3.86. The second-order valence-corrected chi connectivity index (χ2v) is 12.4. The van der Waals surface area contributed by atoms with Crippen LogP contribution in [-0.4, -0.2) is 56.5 Å². The van der Waals surface area contributed by atoms with E-state index in [1.54, 1.807) is 24.3 Å². The average molecular weight is 593 g/mol. The fraction of sp³-hybridized carbons (Fsp3) is 0.267. The average Bonchev–Trinajstić information content (AvgIpc) is 2.93. The summed E-state index contributed by atoms with van der Waals surface area (Å²) in [6, 6.07) is 21.1. The van der Waals surface area contributed by atoms with E-state index in [1.165, 1.54) is 12.1 Å². The Morgan fingerprint density at radius 3 is 2.41 bits per heavy atom. The second-order valence-electron chi connectivity index (χ2n) is 10.3. The van der Waals surface area contributed by atoms with Crippen LogP contribution in [0.15, 0.2) is 77.7 Å². The Bertz CT molecular complexity index is 1660. The van der Waals surface area contributed by atoms with E-state index >= 15 is 0 Å². The number of rotatable bonds is 8. The minimum absolute atomic E-state index is 0.00262. The highest BCUT2D eigenvalue weighted by Crippen LogP contribution is 2.35. The van der Waals surface area contributed by atoms with Crippen molar-refractivity contribution in [1.82, 2.24) is 14.9 Å². The maximum Gasteiger partial charge on any atom is 0.264 e. The normalized spacial score (nSPS) is 14.3. The van der Waals surface area contributed by atoms with Crippen molar-refractivity contribution in [3.8, 4) is 22.9 Å². The molecule has 1 aliphatic heterocycles. The van der Waals surface area contributed by atoms with Crippen molar-refractivity contribution in [3.63, 3.8) is 0 Å². The van der Waals surface area contributed by atoms with Gasteiger partial charge in [-0.1, -0.05) is 55.8 Å². The largest absolute Gasteiger partial charge is 0.439 e. The van der Waals surface area contributed by atoms with Gasteiger partial charge in [0, 0.05) is 49.6 Å². The molecule has 3 aromatic carbocycles. The molecule has 3 N–H and O–H groups in total. The van der Waals surface area contributed by atoms with Crippen LogP contribution in [0.1, 0.15) is 25.3 Å². The van der Waals surface area contributed by atoms with Gasteiger partial charge in [0.05, 0.1) is 21.3 Å². The molecule has 5 rings (SSSR count). The molecule has 0 bridgehead atoms. The van der Waals surface area contributed by atoms with E-state index in [1.807, 2.05) is 36.4 Å². The quantitative estimate of drug-likeness (QED) is 0.245. The van der Waals surface area contributed by atoms with Gasteiger partial charge in [-0.2, -0.15) is 4.98 Å². The third-order valence-electron chi connectivity index (χ3n) is 6.94. The van der Waals surface area contributed by atoms with E-state index in [0.29, 0.717) is 22.2 Å². The number of likely N-dealkylation sites (N-methyl/N-ethyl adjacent to an activating group) is 1. The van der Waals surface area contributed by atoms with Gasteiger partial charge in [0.25, 0.3) is 10.0 Å². The molecule has 0 radical (unpaired) electrons. The molecule has 2 heterocycles. The zero-order chi connectivity index (χ0) is 29.1. The summed E-state index contributed by atoms with van der Waals surface area (Å²) < 4.78 is 35.0. The van der Waals surface area contributed by atoms with Crippen molar-refractivity contribution in [1.29, 1.82) is 0 Å². The zero-order valence-corrected chi connectivity index (χ0v) is 24.8. The predicted molar refractivity (Wildman–Crippen MR) is 164 cm³/mol. The number of hydrogen-bond acceptors (Lipinski definition) is 8. The van der Waals surface area contributed by atoms with Crippen LogP contribution in [0.4, 0.5) is 17.3 Å². The highest BCUT2D eigenvalue weighted by molar-refractivity contribution is 7.92. The van der Waals surface area contributed by atoms with E-state index in [4.69, 9.17) is 22.1 Å². The molecular formula is C30H33ClN6O3S. The van der Waals surface area contributed by atoms with Crippen molar-refractivity contribution in [2.45, 2.75) is 24.7 Å². The number of hydrogen-bond donors (Lipinski definition) is 2. The SMILES string of the molecule is CC(C)c1ccccc1-c1cc(Oc2ccc(N3CCN(C)CC3)c(Cl)c2)nc(NS(=O)(=O)c2cccc(N)c2)n1. The van der Waals surface area contributed by atoms with Crippen molar-refractivity contribution in [2.24, 2.45) is 0 Å². The maximum atomic E-state index is 13.2. The first-order valence-corrected chi connectivity index (χ1v) is 15.2. The molecule has 9 nitrogen and oxygen atoms in total. The van der Waals surface area contributed by atoms with E-state index < -0.39 is 10.0 Å². The lowest BCUT2D eigenvalue weighted by atomic mass is 9.95. The van der Waals surface area contributed by atoms with Gasteiger partial charge in [-0.05, 0) is 48.9 Å². The molecule has 1 aliphatic rings. The van der Waals surface area contributed by atoms with Gasteiger partial charge >= 0.3 is 0 Å². The molecule has 11 heteroatoms. The molecule has 1 aromatic heterocycles. The van der Waals surface area contributed by atoms with Crippen LogP contribution < -0.4 is 20.1 Å². The molecule has 1 fully saturated rings. The third-order valence-corrected chi connectivity index (χ3v) is 8.57. The Balaban J connectivity index is 1.50. The van der Waals surface area contributed by atoms with Crippen LogP contribution in [0.5, 0.6) is 11.6 Å². The van der Waals surface area contributed by atoms with Crippen molar-refractivity contribution in [2.75, 3.05) is 48.6 Å². The van der Waals surface area contributed by atoms with Gasteiger partial charge in [0.15, 0.2) is 0 Å². The first kappa shape index (κ1) is 28.7. The highest BCUT2D eigenvalue weighted by Gasteiger charge is 2.21. The molecule has 0 saturated carbocycles. The smallest absolute Gasteiger partial charge is 0.264 e. The monoisotopic (exact) mass is 592 g/mol. The Morgan fingerprint density at radius 2 is 1.71 bits per heavy atom. The lowest BCUT2D eigenvalue weighted by Crippen LogP contribution is -2.44. The molecule has 1 saturated heterocycles. The number of halogens is 1. The summed E-state index contributed by atoms with van der Waals surface area (Å²) >= 11 is 6.68. The van der Waals surface area contributed by atoms with E-state index in [9.17, 15) is 8.42 Å². The van der Waals surface area contributed by atoms with E-state index in [-0.39, 0.29) is 22.6 Å². The van der Waals surface area contributed by atoms with Gasteiger partial charge in [0.1, 0.15) is 5.75 Å². The summed E-state index contributed by atoms with van der Waals surface area (Å²) in [5.74, 6) is 0.721. The number of nitrogens with one attached hydrogen (secondary N) is 1. The van der Waals surface area contributed by atoms with Gasteiger partial charge in [-0.25, -0.2) is 18.1 Å². The zero-order valence-electron chi connectivity index (χ0n) is 23.2. The summed E-state index contributed by atoms with van der Waals surface area (Å²) in [4.78, 5) is 13.5. The van der Waals surface area contributed by atoms with Gasteiger partial charge in [-0.15, -0.1) is 0 Å². The van der Waals surface area contributed by atoms with Crippen LogP contribution in [0.25, 0.3) is 11.3 Å². The minimum atomic E-state index is -4.02. The van der Waals surface area contributed by atoms with E-state index in [0.717, 1.165) is 43.0 Å². The summed E-state index contributed by atoms with van der Waals surface area (Å²) in [5.41, 5.74) is 9.52. The Morgan fingerprint density at radius 1 is 0.951 bits per heavy atom. The van der Waals surface area contributed by atoms with Crippen LogP contribution in [0.2, 0.25) is 5.02 Å². The number of nitrogens with two attached hydrogens (primary N) is 1. The fourth-order valence-corrected chi connectivity index (χ4v) is 6.02. The number of nitrogen functional groups attached to an aromatic ring is 1. The van der Waals surface area contributed by atoms with Crippen LogP contribution >= 0.6 is 11.6 Å². The number of nitrogens with zero attached hydrogens (tertiary/aromatic N) is 4. The topological polar surface area (TPSA) is 114 Å². The van der Waals surface area contributed by atoms with E-state index in [2.05, 4.69) is 45.4 Å². The summed E-state index contributed by atoms with van der Waals surface area (Å²) in [5, 5.41) is 0.564. The molecule has 41 heavy (non-hydrogen) atoms. The van der Waals surface area contributed by atoms with Gasteiger partial charge in [-0.3, -0.25) is 0 Å². The summed E-state index contributed by atoms with van der Waals surface area (Å²) in [6.45, 7) is 7.87. The fourth-order valence-electron chi connectivity index (χ4n) is 4.73. The number of sulfonamides is 1. The van der Waals surface area contributed by atoms with Gasteiger partial charge in [0.2, 0.25) is 11.8 Å². The Kier molecular flexibility index (Phi) is 8.35. The molecule has 0 unspecified atom stereocenters. The molecule has 0 aliphatic carbocycles. The molecule has 0 spiro atoms. The third kappa shape index (κ3) is 6.73. The molecule has 4 aromatic rings. The van der Waals surface area contributed by atoms with Crippen LogP contribution in [0, 0.1) is 0 Å². The first-order chi connectivity index (χ1) is 19.6. The highest BCUT2D eigenvalue weighted by atomic mass is 35.5. The molecular weight excluding hydrogens is 560 g/mol. The van der Waals surface area contributed by atoms with Crippen LogP contribution in [-0.2, 0) is 10.0 Å².